The summed E-state index contributed by atoms with van der Waals surface area (Å²) < 4.78 is 0. The van der Waals surface area contributed by atoms with Crippen molar-refractivity contribution in [2.75, 3.05) is 0 Å². The molecule has 0 atom stereocenters. The number of hydrogen-bond acceptors (Lipinski definition) is 2. The number of aryl methyl sites for hydroxylation is 2. The fourth-order valence-electron chi connectivity index (χ4n) is 2.60. The SMILES string of the molecule is CCCCC(=O)c1ccc(CCC)[n-]1.Cc1c[c-]c(-c2ccccn2)cc1.[Ir]. The maximum atomic E-state index is 11.6. The number of benzene rings is 1. The van der Waals surface area contributed by atoms with Gasteiger partial charge in [-0.3, -0.25) is 4.79 Å². The Hall–Kier alpha value is -2.03. The van der Waals surface area contributed by atoms with Crippen LogP contribution in [-0.2, 0) is 26.5 Å². The Kier molecular flexibility index (Phi) is 11.3. The molecular formula is C24H28IrN2O-2. The van der Waals surface area contributed by atoms with E-state index in [1.807, 2.05) is 42.5 Å². The van der Waals surface area contributed by atoms with Gasteiger partial charge in [0.05, 0.1) is 0 Å². The maximum absolute atomic E-state index is 11.6. The van der Waals surface area contributed by atoms with Crippen LogP contribution in [0, 0.1) is 13.0 Å². The van der Waals surface area contributed by atoms with E-state index in [4.69, 9.17) is 0 Å². The second-order valence-electron chi connectivity index (χ2n) is 6.59. The van der Waals surface area contributed by atoms with Crippen LogP contribution in [0.25, 0.3) is 11.3 Å². The standard InChI is InChI=1S/C12H19NO.C12H10N.Ir/c1-3-5-7-12(14)11-9-8-10(13-11)6-4-2;1-10-5-7-11(8-6-10)12-4-2-3-9-13-12;/h8-9H,3-7H2,1-2H3,(H,13,14);2-7,9H,1H3;/q;-1;/p-1. The van der Waals surface area contributed by atoms with Gasteiger partial charge in [-0.05, 0) is 24.6 Å². The number of aromatic nitrogens is 2. The Morgan fingerprint density at radius 3 is 2.50 bits per heavy atom. The second-order valence-corrected chi connectivity index (χ2v) is 6.59. The molecule has 28 heavy (non-hydrogen) atoms. The number of Topliss-reactive ketones (excluding diaryl/α,β-unsaturated/α-hetero) is 1. The van der Waals surface area contributed by atoms with Crippen molar-refractivity contribution in [3.8, 4) is 11.3 Å². The fourth-order valence-corrected chi connectivity index (χ4v) is 2.60. The molecule has 4 heteroatoms. The first-order chi connectivity index (χ1) is 13.1. The molecule has 0 fully saturated rings. The van der Waals surface area contributed by atoms with E-state index in [0.29, 0.717) is 12.1 Å². The number of carbonyl (C=O) groups is 1. The minimum absolute atomic E-state index is 0. The number of rotatable bonds is 7. The first-order valence-electron chi connectivity index (χ1n) is 9.69. The third-order valence-electron chi connectivity index (χ3n) is 4.16. The summed E-state index contributed by atoms with van der Waals surface area (Å²) in [6.07, 6.45) is 6.52. The number of ketones is 1. The van der Waals surface area contributed by atoms with Crippen molar-refractivity contribution >= 4 is 5.78 Å². The van der Waals surface area contributed by atoms with Crippen molar-refractivity contribution in [2.24, 2.45) is 0 Å². The van der Waals surface area contributed by atoms with Gasteiger partial charge in [-0.1, -0.05) is 63.6 Å². The van der Waals surface area contributed by atoms with E-state index in [1.165, 1.54) is 5.56 Å². The summed E-state index contributed by atoms with van der Waals surface area (Å²) in [7, 11) is 0. The van der Waals surface area contributed by atoms with Crippen LogP contribution in [0.15, 0.2) is 54.7 Å². The molecular weight excluding hydrogens is 524 g/mol. The van der Waals surface area contributed by atoms with E-state index in [-0.39, 0.29) is 25.9 Å². The molecule has 3 nitrogen and oxygen atoms in total. The Balaban J connectivity index is 0.000000271. The summed E-state index contributed by atoms with van der Waals surface area (Å²) in [6.45, 7) is 6.26. The predicted molar refractivity (Wildman–Crippen MR) is 111 cm³/mol. The Morgan fingerprint density at radius 2 is 1.89 bits per heavy atom. The minimum atomic E-state index is 0. The summed E-state index contributed by atoms with van der Waals surface area (Å²) in [4.78, 5) is 20.1. The zero-order valence-electron chi connectivity index (χ0n) is 16.9. The molecule has 2 aromatic heterocycles. The fraction of sp³-hybridized carbons (Fsp3) is 0.333. The molecule has 1 aromatic carbocycles. The predicted octanol–water partition coefficient (Wildman–Crippen LogP) is 5.82. The first-order valence-corrected chi connectivity index (χ1v) is 9.69. The number of hydrogen-bond donors (Lipinski definition) is 0. The van der Waals surface area contributed by atoms with Crippen molar-refractivity contribution in [3.05, 3.63) is 77.7 Å². The van der Waals surface area contributed by atoms with Gasteiger partial charge in [-0.25, -0.2) is 0 Å². The van der Waals surface area contributed by atoms with Crippen LogP contribution in [0.4, 0.5) is 0 Å². The molecule has 151 valence electrons. The number of pyridine rings is 1. The van der Waals surface area contributed by atoms with Crippen molar-refractivity contribution in [1.82, 2.24) is 9.97 Å². The average Bonchev–Trinajstić information content (AvgIpc) is 3.17. The molecule has 3 rings (SSSR count). The maximum Gasteiger partial charge on any atom is 0.141 e. The Morgan fingerprint density at radius 1 is 1.07 bits per heavy atom. The van der Waals surface area contributed by atoms with Crippen LogP contribution in [0.3, 0.4) is 0 Å². The van der Waals surface area contributed by atoms with Gasteiger partial charge in [0, 0.05) is 32.7 Å². The monoisotopic (exact) mass is 553 g/mol. The summed E-state index contributed by atoms with van der Waals surface area (Å²) in [5.74, 6) is 0.189. The molecule has 0 aliphatic rings. The summed E-state index contributed by atoms with van der Waals surface area (Å²) in [5.41, 5.74) is 4.95. The molecule has 3 aromatic rings. The molecule has 0 aliphatic carbocycles. The van der Waals surface area contributed by atoms with Gasteiger partial charge in [0.15, 0.2) is 0 Å². The summed E-state index contributed by atoms with van der Waals surface area (Å²) >= 11 is 0. The minimum Gasteiger partial charge on any atom is -0.658 e. The van der Waals surface area contributed by atoms with Crippen molar-refractivity contribution < 1.29 is 24.9 Å². The normalized spacial score (nSPS) is 9.82. The van der Waals surface area contributed by atoms with Gasteiger partial charge in [0.2, 0.25) is 0 Å². The molecule has 0 saturated heterocycles. The van der Waals surface area contributed by atoms with Crippen LogP contribution in [0.2, 0.25) is 0 Å². The molecule has 0 bridgehead atoms. The van der Waals surface area contributed by atoms with E-state index >= 15 is 0 Å². The molecule has 0 amide bonds. The van der Waals surface area contributed by atoms with E-state index in [0.717, 1.165) is 42.6 Å². The molecule has 2 heterocycles. The van der Waals surface area contributed by atoms with E-state index in [1.54, 1.807) is 6.20 Å². The van der Waals surface area contributed by atoms with Crippen LogP contribution >= 0.6 is 0 Å². The van der Waals surface area contributed by atoms with Crippen LogP contribution in [-0.4, -0.2) is 10.8 Å². The van der Waals surface area contributed by atoms with E-state index < -0.39 is 0 Å². The topological polar surface area (TPSA) is 44.1 Å². The van der Waals surface area contributed by atoms with Crippen LogP contribution in [0.5, 0.6) is 0 Å². The average molecular weight is 553 g/mol. The summed E-state index contributed by atoms with van der Waals surface area (Å²) in [5, 5.41) is 0. The molecule has 0 spiro atoms. The third-order valence-corrected chi connectivity index (χ3v) is 4.16. The molecule has 0 aliphatic heterocycles. The van der Waals surface area contributed by atoms with Crippen LogP contribution in [0.1, 0.15) is 61.3 Å². The van der Waals surface area contributed by atoms with Crippen LogP contribution < -0.4 is 4.98 Å². The number of nitrogens with zero attached hydrogens (tertiary/aromatic N) is 2. The molecule has 0 N–H and O–H groups in total. The molecule has 1 radical (unpaired) electrons. The third kappa shape index (κ3) is 7.92. The van der Waals surface area contributed by atoms with Crippen molar-refractivity contribution in [2.45, 2.75) is 52.9 Å². The zero-order chi connectivity index (χ0) is 19.5. The van der Waals surface area contributed by atoms with Gasteiger partial charge in [-0.2, -0.15) is 5.69 Å². The Labute approximate surface area is 182 Å². The van der Waals surface area contributed by atoms with E-state index in [9.17, 15) is 4.79 Å². The van der Waals surface area contributed by atoms with Gasteiger partial charge >= 0.3 is 0 Å². The first kappa shape index (κ1) is 24.0. The molecule has 0 saturated carbocycles. The van der Waals surface area contributed by atoms with Gasteiger partial charge in [0.1, 0.15) is 5.78 Å². The summed E-state index contributed by atoms with van der Waals surface area (Å²) in [6, 6.07) is 19.0. The second kappa shape index (κ2) is 13.2. The zero-order valence-corrected chi connectivity index (χ0v) is 19.3. The largest absolute Gasteiger partial charge is 0.658 e. The van der Waals surface area contributed by atoms with Crippen molar-refractivity contribution in [1.29, 1.82) is 0 Å². The van der Waals surface area contributed by atoms with Gasteiger partial charge < -0.3 is 9.97 Å². The number of carbonyl (C=O) groups excluding carboxylic acids is 1. The molecule has 0 unspecified atom stereocenters. The number of unbranched alkanes of at least 4 members (excludes halogenated alkanes) is 1. The van der Waals surface area contributed by atoms with Gasteiger partial charge in [0.25, 0.3) is 0 Å². The smallest absolute Gasteiger partial charge is 0.141 e. The van der Waals surface area contributed by atoms with Gasteiger partial charge in [-0.15, -0.1) is 35.4 Å². The van der Waals surface area contributed by atoms with Crippen molar-refractivity contribution in [3.63, 3.8) is 0 Å². The quantitative estimate of drug-likeness (QED) is 0.274. The van der Waals surface area contributed by atoms with E-state index in [2.05, 4.69) is 42.9 Å². The Bertz CT molecular complexity index is 810.